The molecule has 1 amide bonds. The Kier molecular flexibility index (Phi) is 75.6. The molecule has 0 atom stereocenters. The maximum Gasteiger partial charge on any atom is 0.306 e. The van der Waals surface area contributed by atoms with Gasteiger partial charge in [0.1, 0.15) is 5.60 Å². The summed E-state index contributed by atoms with van der Waals surface area (Å²) in [5.41, 5.74) is -0.341. The van der Waals surface area contributed by atoms with Crippen LogP contribution in [-0.4, -0.2) is 105 Å². The quantitative estimate of drug-likeness (QED) is 0.0657. The molecule has 0 aliphatic heterocycles. The number of hydrogen-bond acceptors (Lipinski definition) is 8. The number of aliphatic carboxylic acids is 1. The average molecular weight is 1020 g/mol. The van der Waals surface area contributed by atoms with Gasteiger partial charge in [-0.15, -0.1) is 18.9 Å². The minimum absolute atomic E-state index is 0.0278. The summed E-state index contributed by atoms with van der Waals surface area (Å²) in [6, 6.07) is 0. The molecule has 0 aromatic carbocycles. The number of nitrogens with one attached hydrogen (secondary N) is 1. The van der Waals surface area contributed by atoms with E-state index in [0.717, 1.165) is 37.1 Å². The minimum atomic E-state index is -2.12. The number of amides is 1. The molecule has 0 saturated heterocycles. The van der Waals surface area contributed by atoms with Gasteiger partial charge < -0.3 is 29.7 Å². The molecule has 0 spiro atoms. The zero-order valence-electron chi connectivity index (χ0n) is 51.9. The number of esters is 2. The number of carboxylic acids is 1. The number of ether oxygens (including phenoxy) is 2. The number of hydrogen-bond donors (Lipinski definition) is 2. The molecular weight excluding hydrogens is 901 g/mol. The number of carbonyl (C=O) groups excluding carboxylic acids is 3. The smallest absolute Gasteiger partial charge is 0.306 e. The van der Waals surface area contributed by atoms with Crippen LogP contribution >= 0.6 is 0 Å². The largest absolute Gasteiger partial charge is 0.481 e. The van der Waals surface area contributed by atoms with E-state index in [-0.39, 0.29) is 54.0 Å². The molecular formula is C59H123F2N3O7. The monoisotopic (exact) mass is 1020 g/mol. The molecule has 0 heterocycles. The Bertz CT molecular complexity index is 1170. The predicted octanol–water partition coefficient (Wildman–Crippen LogP) is 15.6. The van der Waals surface area contributed by atoms with E-state index in [9.17, 15) is 28.0 Å². The molecule has 0 aliphatic carbocycles. The number of nitrogens with zero attached hydrogens (tertiary/aromatic N) is 2. The summed E-state index contributed by atoms with van der Waals surface area (Å²) in [6.45, 7) is 58.0. The molecule has 0 aromatic heterocycles. The summed E-state index contributed by atoms with van der Waals surface area (Å²) in [5.74, 6) is 6.20. The minimum Gasteiger partial charge on any atom is -0.481 e. The van der Waals surface area contributed by atoms with Gasteiger partial charge in [0.05, 0.1) is 7.11 Å². The van der Waals surface area contributed by atoms with Gasteiger partial charge in [-0.25, -0.2) is 8.78 Å². The van der Waals surface area contributed by atoms with Gasteiger partial charge in [0.25, 0.3) is 0 Å². The number of carbonyl (C=O) groups is 4. The van der Waals surface area contributed by atoms with Crippen molar-refractivity contribution in [1.29, 1.82) is 0 Å². The first-order valence-corrected chi connectivity index (χ1v) is 26.8. The maximum absolute atomic E-state index is 11.3. The Morgan fingerprint density at radius 2 is 1.07 bits per heavy atom. The third-order valence-electron chi connectivity index (χ3n) is 8.14. The van der Waals surface area contributed by atoms with Crippen molar-refractivity contribution in [3.63, 3.8) is 0 Å². The number of methoxy groups -OCH3 is 1. The Balaban J connectivity index is -0.0000000876. The van der Waals surface area contributed by atoms with E-state index in [0.29, 0.717) is 30.6 Å². The number of allylic oxidation sites excluding steroid dienone is 1. The fourth-order valence-electron chi connectivity index (χ4n) is 4.28. The standard InChI is InChI=1S/C9H21N.C9H18O2.C7H17N.C6H13NO.C6H12O2.C6H12.C6H10.C5H10F2.C5H10O2/c1-5-10(6-2)8-7-9(3)4;1-7(2)6-8(10)11-9(3,4)5;1-7(2)5-6-8(3)4;1-4-7-6(8)5(2)3;1-5(2)4-6(7)8-3;2*1-4-5-6(2)3;2*1-4(2)3-5(6)7/h9H,5-8H2,1-4H3;7H,6H2,1-5H3;7H,5-6H2,1-4H3;5H,4H2,1-3H3,(H,7,8);5H,4H2,1-3H3;4,6H,1,5H2,2-3H3;1,6H,5H2,2-3H3;4-5H,3H2,1-2H3;4H,3H2,1-2H3,(H,6,7). The van der Waals surface area contributed by atoms with Crippen molar-refractivity contribution < 1.29 is 42.5 Å². The SMILES string of the molecule is C#CCC(C)C.C=CCC(C)C.CC(C)CC(=O)O.CC(C)CC(=O)OC(C)(C)C.CC(C)CC(F)F.CC(C)CCN(C)C.CCN(CC)CCC(C)C.CCNC(=O)C(C)C.COC(=O)CC(C)C. The van der Waals surface area contributed by atoms with Crippen molar-refractivity contribution in [2.24, 2.45) is 53.3 Å². The highest BCUT2D eigenvalue weighted by Gasteiger charge is 2.16. The topological polar surface area (TPSA) is 125 Å². The van der Waals surface area contributed by atoms with Crippen molar-refractivity contribution in [2.45, 2.75) is 230 Å². The van der Waals surface area contributed by atoms with Crippen LogP contribution in [0, 0.1) is 65.6 Å². The van der Waals surface area contributed by atoms with Gasteiger partial charge >= 0.3 is 17.9 Å². The second kappa shape index (κ2) is 61.3. The predicted molar refractivity (Wildman–Crippen MR) is 306 cm³/mol. The summed E-state index contributed by atoms with van der Waals surface area (Å²) in [6.07, 6.45) is 10.8. The van der Waals surface area contributed by atoms with E-state index in [1.807, 2.05) is 89.2 Å². The lowest BCUT2D eigenvalue weighted by Crippen LogP contribution is -2.26. The normalized spacial score (nSPS) is 10.4. The molecule has 0 aromatic rings. The molecule has 71 heavy (non-hydrogen) atoms. The van der Waals surface area contributed by atoms with Crippen LogP contribution in [0.15, 0.2) is 12.7 Å². The van der Waals surface area contributed by atoms with E-state index < -0.39 is 12.4 Å². The molecule has 12 heteroatoms. The summed E-state index contributed by atoms with van der Waals surface area (Å²) in [5, 5.41) is 10.8. The molecule has 0 rings (SSSR count). The summed E-state index contributed by atoms with van der Waals surface area (Å²) in [4.78, 5) is 46.6. The molecule has 0 saturated carbocycles. The fourth-order valence-corrected chi connectivity index (χ4v) is 4.28. The van der Waals surface area contributed by atoms with Gasteiger partial charge in [0.2, 0.25) is 12.3 Å². The number of terminal acetylenes is 1. The highest BCUT2D eigenvalue weighted by Crippen LogP contribution is 2.11. The van der Waals surface area contributed by atoms with Gasteiger partial charge in [-0.1, -0.05) is 145 Å². The Hall–Kier alpha value is -3.04. The lowest BCUT2D eigenvalue weighted by molar-refractivity contribution is -0.155. The molecule has 0 radical (unpaired) electrons. The van der Waals surface area contributed by atoms with Crippen LogP contribution in [0.25, 0.3) is 0 Å². The summed E-state index contributed by atoms with van der Waals surface area (Å²) < 4.78 is 32.1. The zero-order valence-corrected chi connectivity index (χ0v) is 51.9. The molecule has 0 fully saturated rings. The third kappa shape index (κ3) is 128. The summed E-state index contributed by atoms with van der Waals surface area (Å²) >= 11 is 0. The van der Waals surface area contributed by atoms with Crippen LogP contribution in [0.4, 0.5) is 8.78 Å². The van der Waals surface area contributed by atoms with Crippen molar-refractivity contribution in [3.8, 4) is 12.3 Å². The lowest BCUT2D eigenvalue weighted by atomic mass is 10.1. The maximum atomic E-state index is 11.3. The van der Waals surface area contributed by atoms with E-state index in [4.69, 9.17) is 16.3 Å². The number of halogens is 2. The highest BCUT2D eigenvalue weighted by molar-refractivity contribution is 5.77. The van der Waals surface area contributed by atoms with Crippen LogP contribution in [-0.2, 0) is 28.7 Å². The molecule has 0 bridgehead atoms. The Labute approximate surface area is 441 Å². The van der Waals surface area contributed by atoms with Gasteiger partial charge in [0, 0.05) is 44.6 Å². The van der Waals surface area contributed by atoms with Crippen molar-refractivity contribution >= 4 is 23.8 Å². The lowest BCUT2D eigenvalue weighted by Gasteiger charge is -2.19. The van der Waals surface area contributed by atoms with Crippen LogP contribution in [0.2, 0.25) is 0 Å². The second-order valence-corrected chi connectivity index (χ2v) is 22.3. The van der Waals surface area contributed by atoms with Gasteiger partial charge in [-0.2, -0.15) is 0 Å². The average Bonchev–Trinajstić information content (AvgIpc) is 3.17. The number of carboxylic acid groups (broad SMARTS) is 1. The van der Waals surface area contributed by atoms with Crippen LogP contribution < -0.4 is 5.32 Å². The first kappa shape index (κ1) is 87.7. The first-order valence-electron chi connectivity index (χ1n) is 26.8. The summed E-state index contributed by atoms with van der Waals surface area (Å²) in [7, 11) is 5.63. The van der Waals surface area contributed by atoms with E-state index in [1.54, 1.807) is 13.8 Å². The van der Waals surface area contributed by atoms with Crippen LogP contribution in [0.5, 0.6) is 0 Å². The molecule has 10 nitrogen and oxygen atoms in total. The van der Waals surface area contributed by atoms with Gasteiger partial charge in [0.15, 0.2) is 0 Å². The molecule has 0 unspecified atom stereocenters. The number of rotatable bonds is 21. The van der Waals surface area contributed by atoms with Crippen molar-refractivity contribution in [3.05, 3.63) is 12.7 Å². The van der Waals surface area contributed by atoms with Crippen LogP contribution in [0.1, 0.15) is 218 Å². The molecule has 2 N–H and O–H groups in total. The number of alkyl halides is 2. The van der Waals surface area contributed by atoms with Crippen LogP contribution in [0.3, 0.4) is 0 Å². The Morgan fingerprint density at radius 1 is 0.662 bits per heavy atom. The fraction of sp³-hybridized carbons (Fsp3) is 0.864. The van der Waals surface area contributed by atoms with E-state index >= 15 is 0 Å². The van der Waals surface area contributed by atoms with E-state index in [1.165, 1.54) is 46.1 Å². The first-order chi connectivity index (χ1) is 32.3. The van der Waals surface area contributed by atoms with E-state index in [2.05, 4.69) is 116 Å². The molecule has 0 aliphatic rings. The van der Waals surface area contributed by atoms with Crippen molar-refractivity contribution in [1.82, 2.24) is 15.1 Å². The van der Waals surface area contributed by atoms with Gasteiger partial charge in [-0.3, -0.25) is 19.2 Å². The van der Waals surface area contributed by atoms with Crippen molar-refractivity contribution in [2.75, 3.05) is 53.9 Å². The zero-order chi connectivity index (χ0) is 58.5. The highest BCUT2D eigenvalue weighted by atomic mass is 19.3. The Morgan fingerprint density at radius 3 is 1.20 bits per heavy atom. The third-order valence-corrected chi connectivity index (χ3v) is 8.14. The van der Waals surface area contributed by atoms with Gasteiger partial charge in [-0.05, 0) is 135 Å². The molecule has 430 valence electrons. The second-order valence-electron chi connectivity index (χ2n) is 22.3.